The lowest BCUT2D eigenvalue weighted by Gasteiger charge is -2.20. The maximum absolute atomic E-state index is 12.7. The van der Waals surface area contributed by atoms with Crippen molar-refractivity contribution in [1.82, 2.24) is 10.6 Å². The Morgan fingerprint density at radius 1 is 1.06 bits per heavy atom. The molecule has 3 rings (SSSR count). The minimum atomic E-state index is -0.684. The average Bonchev–Trinajstić information content (AvgIpc) is 3.16. The van der Waals surface area contributed by atoms with Gasteiger partial charge in [0.1, 0.15) is 11.8 Å². The molecule has 7 nitrogen and oxygen atoms in total. The van der Waals surface area contributed by atoms with E-state index in [1.54, 1.807) is 43.2 Å². The Kier molecular flexibility index (Phi) is 7.28. The van der Waals surface area contributed by atoms with Gasteiger partial charge in [-0.3, -0.25) is 14.4 Å². The van der Waals surface area contributed by atoms with Crippen LogP contribution in [0.3, 0.4) is 0 Å². The smallest absolute Gasteiger partial charge is 0.242 e. The van der Waals surface area contributed by atoms with E-state index in [4.69, 9.17) is 4.74 Å². The predicted molar refractivity (Wildman–Crippen MR) is 119 cm³/mol. The largest absolute Gasteiger partial charge is 0.497 e. The minimum absolute atomic E-state index is 0.0622. The van der Waals surface area contributed by atoms with E-state index >= 15 is 0 Å². The third kappa shape index (κ3) is 5.84. The first kappa shape index (κ1) is 22.3. The Bertz CT molecular complexity index is 914. The summed E-state index contributed by atoms with van der Waals surface area (Å²) < 4.78 is 5.14. The molecular formula is C24H29N3O4. The van der Waals surface area contributed by atoms with Gasteiger partial charge < -0.3 is 20.3 Å². The van der Waals surface area contributed by atoms with E-state index in [0.29, 0.717) is 12.2 Å². The Morgan fingerprint density at radius 2 is 1.74 bits per heavy atom. The zero-order valence-corrected chi connectivity index (χ0v) is 18.1. The third-order valence-electron chi connectivity index (χ3n) is 5.41. The van der Waals surface area contributed by atoms with E-state index < -0.39 is 12.0 Å². The molecule has 0 aromatic heterocycles. The maximum atomic E-state index is 12.7. The van der Waals surface area contributed by atoms with Gasteiger partial charge in [0.05, 0.1) is 13.0 Å². The summed E-state index contributed by atoms with van der Waals surface area (Å²) in [6.07, 6.45) is 0.831. The Balaban J connectivity index is 1.50. The first-order valence-corrected chi connectivity index (χ1v) is 10.5. The zero-order chi connectivity index (χ0) is 22.4. The molecule has 0 radical (unpaired) electrons. The summed E-state index contributed by atoms with van der Waals surface area (Å²) in [5, 5.41) is 5.69. The molecule has 2 aromatic carbocycles. The van der Waals surface area contributed by atoms with Gasteiger partial charge in [0.15, 0.2) is 0 Å². The number of amides is 3. The van der Waals surface area contributed by atoms with Gasteiger partial charge in [-0.15, -0.1) is 0 Å². The van der Waals surface area contributed by atoms with Gasteiger partial charge in [-0.05, 0) is 50.1 Å². The van der Waals surface area contributed by atoms with Gasteiger partial charge in [0, 0.05) is 24.7 Å². The topological polar surface area (TPSA) is 87.7 Å². The fraction of sp³-hybridized carbons (Fsp3) is 0.375. The van der Waals surface area contributed by atoms with Crippen LogP contribution in [0.1, 0.15) is 25.8 Å². The molecule has 1 heterocycles. The minimum Gasteiger partial charge on any atom is -0.497 e. The number of nitrogens with zero attached hydrogens (tertiary/aromatic N) is 1. The van der Waals surface area contributed by atoms with Crippen LogP contribution >= 0.6 is 0 Å². The van der Waals surface area contributed by atoms with E-state index in [0.717, 1.165) is 11.3 Å². The van der Waals surface area contributed by atoms with Crippen LogP contribution in [-0.2, 0) is 20.8 Å². The maximum Gasteiger partial charge on any atom is 0.242 e. The number of hydrogen-bond donors (Lipinski definition) is 2. The molecule has 1 fully saturated rings. The number of ether oxygens (including phenoxy) is 1. The van der Waals surface area contributed by atoms with Crippen LogP contribution in [0.2, 0.25) is 0 Å². The van der Waals surface area contributed by atoms with Crippen molar-refractivity contribution in [2.75, 3.05) is 18.6 Å². The first-order chi connectivity index (χ1) is 14.9. The van der Waals surface area contributed by atoms with Crippen molar-refractivity contribution in [3.8, 4) is 5.75 Å². The van der Waals surface area contributed by atoms with Crippen molar-refractivity contribution in [3.05, 3.63) is 60.2 Å². The van der Waals surface area contributed by atoms with Crippen LogP contribution in [-0.4, -0.2) is 43.5 Å². The molecule has 2 N–H and O–H groups in total. The normalized spacial score (nSPS) is 17.7. The van der Waals surface area contributed by atoms with Crippen LogP contribution in [0, 0.1) is 5.92 Å². The molecule has 0 saturated carbocycles. The molecule has 3 amide bonds. The van der Waals surface area contributed by atoms with Gasteiger partial charge in [0.2, 0.25) is 17.7 Å². The fourth-order valence-electron chi connectivity index (χ4n) is 3.68. The summed E-state index contributed by atoms with van der Waals surface area (Å²) >= 11 is 0. The zero-order valence-electron chi connectivity index (χ0n) is 18.1. The average molecular weight is 424 g/mol. The van der Waals surface area contributed by atoms with Crippen LogP contribution in [0.15, 0.2) is 54.6 Å². The monoisotopic (exact) mass is 423 g/mol. The number of nitrogens with one attached hydrogen (secondary N) is 2. The molecule has 0 aliphatic carbocycles. The van der Waals surface area contributed by atoms with E-state index in [1.807, 2.05) is 37.3 Å². The quantitative estimate of drug-likeness (QED) is 0.682. The second kappa shape index (κ2) is 10.1. The van der Waals surface area contributed by atoms with Crippen molar-refractivity contribution in [2.24, 2.45) is 5.92 Å². The molecule has 1 aliphatic rings. The molecule has 31 heavy (non-hydrogen) atoms. The van der Waals surface area contributed by atoms with Crippen molar-refractivity contribution in [3.63, 3.8) is 0 Å². The Labute approximate surface area is 182 Å². The fourth-order valence-corrected chi connectivity index (χ4v) is 3.68. The van der Waals surface area contributed by atoms with Crippen LogP contribution < -0.4 is 20.3 Å². The van der Waals surface area contributed by atoms with E-state index in [-0.39, 0.29) is 36.7 Å². The van der Waals surface area contributed by atoms with E-state index in [2.05, 4.69) is 10.6 Å². The highest BCUT2D eigenvalue weighted by Gasteiger charge is 2.36. The second-order valence-corrected chi connectivity index (χ2v) is 7.93. The third-order valence-corrected chi connectivity index (χ3v) is 5.41. The van der Waals surface area contributed by atoms with Crippen LogP contribution in [0.5, 0.6) is 5.75 Å². The summed E-state index contributed by atoms with van der Waals surface area (Å²) in [6.45, 7) is 3.87. The molecular weight excluding hydrogens is 394 g/mol. The summed E-state index contributed by atoms with van der Waals surface area (Å²) in [6, 6.07) is 16.3. The Hall–Kier alpha value is -3.35. The lowest BCUT2D eigenvalue weighted by molar-refractivity contribution is -0.131. The molecule has 0 bridgehead atoms. The number of methoxy groups -OCH3 is 1. The highest BCUT2D eigenvalue weighted by Crippen LogP contribution is 2.27. The second-order valence-electron chi connectivity index (χ2n) is 7.93. The number of carbonyl (C=O) groups is 3. The van der Waals surface area contributed by atoms with E-state index in [9.17, 15) is 14.4 Å². The SMILES string of the molecule is COc1ccc(N2C[C@@H](C(=O)N[C@@H](C)C(=O)N[C@H](C)Cc3ccccc3)CC2=O)cc1. The highest BCUT2D eigenvalue weighted by atomic mass is 16.5. The number of carbonyl (C=O) groups excluding carboxylic acids is 3. The predicted octanol–water partition coefficient (Wildman–Crippen LogP) is 2.30. The molecule has 1 saturated heterocycles. The molecule has 2 aromatic rings. The number of rotatable bonds is 8. The number of hydrogen-bond acceptors (Lipinski definition) is 4. The molecule has 7 heteroatoms. The van der Waals surface area contributed by atoms with Gasteiger partial charge in [-0.1, -0.05) is 30.3 Å². The summed E-state index contributed by atoms with van der Waals surface area (Å²) in [7, 11) is 1.58. The summed E-state index contributed by atoms with van der Waals surface area (Å²) in [5.74, 6) is -0.438. The van der Waals surface area contributed by atoms with Crippen molar-refractivity contribution >= 4 is 23.4 Å². The Morgan fingerprint density at radius 3 is 2.39 bits per heavy atom. The van der Waals surface area contributed by atoms with Crippen molar-refractivity contribution in [2.45, 2.75) is 38.8 Å². The molecule has 0 unspecified atom stereocenters. The standard InChI is InChI=1S/C24H29N3O4/c1-16(13-18-7-5-4-6-8-18)25-23(29)17(2)26-24(30)19-14-22(28)27(15-19)20-9-11-21(31-3)12-10-20/h4-12,16-17,19H,13-15H2,1-3H3,(H,25,29)(H,26,30)/t16-,17+,19+/m1/s1. The lowest BCUT2D eigenvalue weighted by Crippen LogP contribution is -2.49. The van der Waals surface area contributed by atoms with Crippen molar-refractivity contribution < 1.29 is 19.1 Å². The molecule has 3 atom stereocenters. The van der Waals surface area contributed by atoms with Gasteiger partial charge in [-0.25, -0.2) is 0 Å². The first-order valence-electron chi connectivity index (χ1n) is 10.5. The van der Waals surface area contributed by atoms with Gasteiger partial charge in [0.25, 0.3) is 0 Å². The molecule has 1 aliphatic heterocycles. The lowest BCUT2D eigenvalue weighted by atomic mass is 10.1. The number of anilines is 1. The van der Waals surface area contributed by atoms with Crippen molar-refractivity contribution in [1.29, 1.82) is 0 Å². The molecule has 0 spiro atoms. The van der Waals surface area contributed by atoms with Crippen LogP contribution in [0.25, 0.3) is 0 Å². The summed E-state index contributed by atoms with van der Waals surface area (Å²) in [5.41, 5.74) is 1.86. The number of benzene rings is 2. The molecule has 164 valence electrons. The highest BCUT2D eigenvalue weighted by molar-refractivity contribution is 6.01. The van der Waals surface area contributed by atoms with Gasteiger partial charge in [-0.2, -0.15) is 0 Å². The van der Waals surface area contributed by atoms with E-state index in [1.165, 1.54) is 0 Å². The summed E-state index contributed by atoms with van der Waals surface area (Å²) in [4.78, 5) is 39.2. The van der Waals surface area contributed by atoms with Crippen LogP contribution in [0.4, 0.5) is 5.69 Å². The van der Waals surface area contributed by atoms with Gasteiger partial charge >= 0.3 is 0 Å².